The molecule has 0 unspecified atom stereocenters. The molecule has 4 rings (SSSR count). The van der Waals surface area contributed by atoms with E-state index in [1.54, 1.807) is 6.20 Å². The fourth-order valence-corrected chi connectivity index (χ4v) is 3.57. The van der Waals surface area contributed by atoms with Gasteiger partial charge in [-0.25, -0.2) is 14.8 Å². The average molecular weight is 383 g/mol. The number of amides is 3. The van der Waals surface area contributed by atoms with Gasteiger partial charge in [-0.05, 0) is 12.8 Å². The minimum Gasteiger partial charge on any atom is -0.356 e. The maximum absolute atomic E-state index is 12.6. The van der Waals surface area contributed by atoms with Crippen LogP contribution in [0.3, 0.4) is 0 Å². The number of nitrogens with one attached hydrogen (secondary N) is 1. The third kappa shape index (κ3) is 3.26. The summed E-state index contributed by atoms with van der Waals surface area (Å²) in [4.78, 5) is 36.0. The Labute approximate surface area is 151 Å². The number of hydrogen-bond donors (Lipinski definition) is 1. The van der Waals surface area contributed by atoms with Gasteiger partial charge in [0.25, 0.3) is 5.91 Å². The average Bonchev–Trinajstić information content (AvgIpc) is 3.21. The maximum Gasteiger partial charge on any atom is 0.406 e. The number of aromatic amines is 1. The monoisotopic (exact) mass is 383 g/mol. The van der Waals surface area contributed by atoms with Gasteiger partial charge in [-0.3, -0.25) is 14.8 Å². The Hall–Kier alpha value is -2.92. The van der Waals surface area contributed by atoms with Crippen molar-refractivity contribution < 1.29 is 22.8 Å². The van der Waals surface area contributed by atoms with Crippen molar-refractivity contribution in [3.8, 4) is 0 Å². The van der Waals surface area contributed by atoms with Crippen LogP contribution in [0.1, 0.15) is 12.8 Å². The molecule has 12 heteroatoms. The number of urea groups is 1. The van der Waals surface area contributed by atoms with Crippen molar-refractivity contribution in [3.05, 3.63) is 12.5 Å². The van der Waals surface area contributed by atoms with Crippen LogP contribution in [0, 0.1) is 0 Å². The molecule has 2 aromatic rings. The third-order valence-electron chi connectivity index (χ3n) is 4.85. The third-order valence-corrected chi connectivity index (χ3v) is 4.85. The maximum atomic E-state index is 12.6. The smallest absolute Gasteiger partial charge is 0.356 e. The Morgan fingerprint density at radius 3 is 2.63 bits per heavy atom. The Kier molecular flexibility index (Phi) is 4.12. The standard InChI is InChI=1S/C15H16F3N7O2/c16-15(17,18)7-25-11(26)6-24(14(25)27)9-1-3-23(4-2-9)13-10-5-21-22-12(10)19-8-20-13/h5,8-9H,1-4,6-7H2,(H,19,20,21,22). The fraction of sp³-hybridized carbons (Fsp3) is 0.533. The lowest BCUT2D eigenvalue weighted by molar-refractivity contribution is -0.151. The van der Waals surface area contributed by atoms with Crippen LogP contribution in [0.15, 0.2) is 12.5 Å². The minimum absolute atomic E-state index is 0.280. The molecule has 4 heterocycles. The molecule has 0 radical (unpaired) electrons. The van der Waals surface area contributed by atoms with E-state index in [1.807, 2.05) is 4.90 Å². The van der Waals surface area contributed by atoms with E-state index >= 15 is 0 Å². The number of imide groups is 1. The van der Waals surface area contributed by atoms with E-state index in [0.29, 0.717) is 31.6 Å². The number of rotatable bonds is 3. The lowest BCUT2D eigenvalue weighted by Gasteiger charge is -2.36. The van der Waals surface area contributed by atoms with Crippen molar-refractivity contribution in [2.75, 3.05) is 31.1 Å². The number of alkyl halides is 3. The molecule has 0 aromatic carbocycles. The molecule has 0 saturated carbocycles. The first-order valence-corrected chi connectivity index (χ1v) is 8.40. The Morgan fingerprint density at radius 2 is 1.93 bits per heavy atom. The van der Waals surface area contributed by atoms with Crippen LogP contribution in [-0.4, -0.2) is 80.3 Å². The van der Waals surface area contributed by atoms with Gasteiger partial charge in [0.15, 0.2) is 5.65 Å². The van der Waals surface area contributed by atoms with Crippen molar-refractivity contribution >= 4 is 28.8 Å². The lowest BCUT2D eigenvalue weighted by atomic mass is 10.0. The Balaban J connectivity index is 1.43. The van der Waals surface area contributed by atoms with Crippen LogP contribution >= 0.6 is 0 Å². The number of nitrogens with zero attached hydrogens (tertiary/aromatic N) is 6. The largest absolute Gasteiger partial charge is 0.406 e. The number of aromatic nitrogens is 4. The number of carbonyl (C=O) groups excluding carboxylic acids is 2. The van der Waals surface area contributed by atoms with E-state index in [4.69, 9.17) is 0 Å². The van der Waals surface area contributed by atoms with Crippen LogP contribution in [0.2, 0.25) is 0 Å². The van der Waals surface area contributed by atoms with Gasteiger partial charge in [-0.15, -0.1) is 0 Å². The molecule has 2 aliphatic heterocycles. The van der Waals surface area contributed by atoms with Crippen LogP contribution in [0.5, 0.6) is 0 Å². The summed E-state index contributed by atoms with van der Waals surface area (Å²) in [7, 11) is 0. The fourth-order valence-electron chi connectivity index (χ4n) is 3.57. The molecule has 0 aliphatic carbocycles. The molecule has 144 valence electrons. The van der Waals surface area contributed by atoms with Gasteiger partial charge in [0.2, 0.25) is 0 Å². The van der Waals surface area contributed by atoms with Crippen molar-refractivity contribution in [2.45, 2.75) is 25.1 Å². The summed E-state index contributed by atoms with van der Waals surface area (Å²) in [6.07, 6.45) is -0.480. The zero-order valence-corrected chi connectivity index (χ0v) is 14.1. The minimum atomic E-state index is -4.60. The molecule has 27 heavy (non-hydrogen) atoms. The molecular formula is C15H16F3N7O2. The van der Waals surface area contributed by atoms with E-state index in [-0.39, 0.29) is 17.5 Å². The summed E-state index contributed by atoms with van der Waals surface area (Å²) < 4.78 is 37.7. The molecule has 2 saturated heterocycles. The highest BCUT2D eigenvalue weighted by Gasteiger charge is 2.45. The number of fused-ring (bicyclic) bond motifs is 1. The summed E-state index contributed by atoms with van der Waals surface area (Å²) in [5.74, 6) is -0.0922. The second kappa shape index (κ2) is 6.35. The topological polar surface area (TPSA) is 98.3 Å². The predicted molar refractivity (Wildman–Crippen MR) is 86.8 cm³/mol. The second-order valence-corrected chi connectivity index (χ2v) is 6.55. The van der Waals surface area contributed by atoms with Crippen molar-refractivity contribution in [1.29, 1.82) is 0 Å². The van der Waals surface area contributed by atoms with Crippen molar-refractivity contribution in [3.63, 3.8) is 0 Å². The zero-order valence-electron chi connectivity index (χ0n) is 14.1. The van der Waals surface area contributed by atoms with Crippen LogP contribution in [0.4, 0.5) is 23.8 Å². The van der Waals surface area contributed by atoms with Gasteiger partial charge in [0.05, 0.1) is 11.6 Å². The molecule has 9 nitrogen and oxygen atoms in total. The summed E-state index contributed by atoms with van der Waals surface area (Å²) >= 11 is 0. The van der Waals surface area contributed by atoms with Crippen molar-refractivity contribution in [1.82, 2.24) is 30.0 Å². The first-order chi connectivity index (χ1) is 12.8. The van der Waals surface area contributed by atoms with E-state index in [1.165, 1.54) is 11.2 Å². The van der Waals surface area contributed by atoms with Crippen molar-refractivity contribution in [2.24, 2.45) is 0 Å². The normalized spacial score (nSPS) is 19.6. The van der Waals surface area contributed by atoms with Gasteiger partial charge in [0, 0.05) is 19.1 Å². The molecule has 2 aliphatic rings. The van der Waals surface area contributed by atoms with Gasteiger partial charge >= 0.3 is 12.2 Å². The van der Waals surface area contributed by atoms with Gasteiger partial charge in [-0.1, -0.05) is 0 Å². The van der Waals surface area contributed by atoms with Gasteiger partial charge in [-0.2, -0.15) is 18.3 Å². The molecule has 0 bridgehead atoms. The second-order valence-electron chi connectivity index (χ2n) is 6.55. The molecule has 2 fully saturated rings. The van der Waals surface area contributed by atoms with Gasteiger partial charge in [0.1, 0.15) is 25.2 Å². The predicted octanol–water partition coefficient (Wildman–Crippen LogP) is 1.15. The van der Waals surface area contributed by atoms with E-state index in [0.717, 1.165) is 11.2 Å². The number of H-pyrrole nitrogens is 1. The molecule has 3 amide bonds. The van der Waals surface area contributed by atoms with E-state index in [2.05, 4.69) is 20.2 Å². The number of hydrogen-bond acceptors (Lipinski definition) is 6. The van der Waals surface area contributed by atoms with Gasteiger partial charge < -0.3 is 9.80 Å². The molecular weight excluding hydrogens is 367 g/mol. The van der Waals surface area contributed by atoms with Crippen LogP contribution in [0.25, 0.3) is 11.0 Å². The molecule has 0 spiro atoms. The lowest BCUT2D eigenvalue weighted by Crippen LogP contribution is -2.47. The zero-order chi connectivity index (χ0) is 19.2. The quantitative estimate of drug-likeness (QED) is 0.799. The summed E-state index contributed by atoms with van der Waals surface area (Å²) in [5, 5.41) is 7.50. The highest BCUT2D eigenvalue weighted by atomic mass is 19.4. The van der Waals surface area contributed by atoms with Crippen LogP contribution in [-0.2, 0) is 4.79 Å². The number of piperidine rings is 1. The van der Waals surface area contributed by atoms with E-state index < -0.39 is 24.7 Å². The number of halogens is 3. The van der Waals surface area contributed by atoms with E-state index in [9.17, 15) is 22.8 Å². The molecule has 0 atom stereocenters. The molecule has 2 aromatic heterocycles. The summed E-state index contributed by atoms with van der Waals surface area (Å²) in [6.45, 7) is -0.739. The Morgan fingerprint density at radius 1 is 1.19 bits per heavy atom. The first-order valence-electron chi connectivity index (χ1n) is 8.40. The number of anilines is 1. The SMILES string of the molecule is O=C1CN(C2CCN(c3ncnc4[nH]ncc34)CC2)C(=O)N1CC(F)(F)F. The summed E-state index contributed by atoms with van der Waals surface area (Å²) in [6, 6.07) is -1.15. The highest BCUT2D eigenvalue weighted by Crippen LogP contribution is 2.28. The number of carbonyl (C=O) groups is 2. The Bertz CT molecular complexity index is 876. The highest BCUT2D eigenvalue weighted by molar-refractivity contribution is 6.02. The first kappa shape index (κ1) is 17.5. The molecule has 1 N–H and O–H groups in total. The van der Waals surface area contributed by atoms with Crippen LogP contribution < -0.4 is 4.90 Å². The summed E-state index contributed by atoms with van der Waals surface area (Å²) in [5.41, 5.74) is 0.616.